The highest BCUT2D eigenvalue weighted by atomic mass is 32.2. The van der Waals surface area contributed by atoms with Crippen LogP contribution in [0.4, 0.5) is 4.79 Å². The van der Waals surface area contributed by atoms with Gasteiger partial charge in [-0.25, -0.2) is 13.2 Å². The van der Waals surface area contributed by atoms with E-state index < -0.39 is 9.84 Å². The lowest BCUT2D eigenvalue weighted by molar-refractivity contribution is 0.238. The van der Waals surface area contributed by atoms with Gasteiger partial charge in [-0.15, -0.1) is 0 Å². The molecule has 0 bridgehead atoms. The van der Waals surface area contributed by atoms with E-state index >= 15 is 0 Å². The molecule has 0 aliphatic rings. The Morgan fingerprint density at radius 2 is 1.85 bits per heavy atom. The summed E-state index contributed by atoms with van der Waals surface area (Å²) in [6.07, 6.45) is 3.15. The number of carbonyl (C=O) groups is 1. The smallest absolute Gasteiger partial charge is 0.315 e. The molecule has 1 unspecified atom stereocenters. The topological polar surface area (TPSA) is 75.3 Å². The average Bonchev–Trinajstić information content (AvgIpc) is 2.38. The third-order valence-electron chi connectivity index (χ3n) is 2.97. The number of hydrogen-bond acceptors (Lipinski definition) is 3. The number of unbranched alkanes of at least 4 members (excludes halogenated alkanes) is 1. The summed E-state index contributed by atoms with van der Waals surface area (Å²) in [7, 11) is -3.18. The summed E-state index contributed by atoms with van der Waals surface area (Å²) < 4.78 is 22.7. The first-order chi connectivity index (χ1) is 9.34. The number of nitrogens with one attached hydrogen (secondary N) is 2. The van der Waals surface area contributed by atoms with Crippen molar-refractivity contribution in [3.8, 4) is 0 Å². The van der Waals surface area contributed by atoms with Gasteiger partial charge in [0.05, 0.1) is 10.9 Å². The Labute approximate surface area is 120 Å². The molecule has 1 atom stereocenters. The van der Waals surface area contributed by atoms with Gasteiger partial charge in [-0.3, -0.25) is 0 Å². The van der Waals surface area contributed by atoms with E-state index in [1.165, 1.54) is 6.26 Å². The first kappa shape index (κ1) is 16.5. The summed E-state index contributed by atoms with van der Waals surface area (Å²) in [5.41, 5.74) is 0.864. The number of rotatable bonds is 6. The maximum atomic E-state index is 11.6. The molecule has 0 aliphatic heterocycles. The molecular weight excluding hydrogens is 276 g/mol. The second-order valence-electron chi connectivity index (χ2n) is 4.82. The van der Waals surface area contributed by atoms with Gasteiger partial charge in [-0.05, 0) is 31.0 Å². The van der Waals surface area contributed by atoms with E-state index in [4.69, 9.17) is 0 Å². The fourth-order valence-electron chi connectivity index (χ4n) is 1.71. The molecule has 1 aromatic carbocycles. The molecule has 0 spiro atoms. The fraction of sp³-hybridized carbons (Fsp3) is 0.500. The highest BCUT2D eigenvalue weighted by Gasteiger charge is 2.11. The van der Waals surface area contributed by atoms with E-state index in [0.717, 1.165) is 18.4 Å². The van der Waals surface area contributed by atoms with E-state index in [1.807, 2.05) is 6.92 Å². The maximum absolute atomic E-state index is 11.6. The molecule has 2 N–H and O–H groups in total. The Morgan fingerprint density at radius 1 is 1.25 bits per heavy atom. The predicted octanol–water partition coefficient (Wildman–Crippen LogP) is 2.25. The van der Waals surface area contributed by atoms with Crippen molar-refractivity contribution in [1.82, 2.24) is 10.6 Å². The summed E-state index contributed by atoms with van der Waals surface area (Å²) in [5, 5.41) is 5.59. The van der Waals surface area contributed by atoms with Gasteiger partial charge in [-0.2, -0.15) is 0 Å². The lowest BCUT2D eigenvalue weighted by atomic mass is 10.1. The van der Waals surface area contributed by atoms with Gasteiger partial charge in [0.2, 0.25) is 0 Å². The van der Waals surface area contributed by atoms with Crippen molar-refractivity contribution in [3.05, 3.63) is 29.8 Å². The first-order valence-electron chi connectivity index (χ1n) is 6.69. The van der Waals surface area contributed by atoms with Gasteiger partial charge in [0.15, 0.2) is 9.84 Å². The molecule has 0 aliphatic carbocycles. The molecule has 112 valence electrons. The van der Waals surface area contributed by atoms with Gasteiger partial charge in [0.1, 0.15) is 0 Å². The predicted molar refractivity (Wildman–Crippen MR) is 79.4 cm³/mol. The van der Waals surface area contributed by atoms with Crippen LogP contribution >= 0.6 is 0 Å². The lowest BCUT2D eigenvalue weighted by Gasteiger charge is -2.15. The maximum Gasteiger partial charge on any atom is 0.315 e. The van der Waals surface area contributed by atoms with Gasteiger partial charge < -0.3 is 10.6 Å². The van der Waals surface area contributed by atoms with Crippen molar-refractivity contribution in [1.29, 1.82) is 0 Å². The number of amides is 2. The van der Waals surface area contributed by atoms with Crippen molar-refractivity contribution < 1.29 is 13.2 Å². The number of urea groups is 1. The quantitative estimate of drug-likeness (QED) is 0.791. The number of sulfone groups is 1. The number of benzene rings is 1. The van der Waals surface area contributed by atoms with Crippen LogP contribution in [0.25, 0.3) is 0 Å². The van der Waals surface area contributed by atoms with Crippen molar-refractivity contribution in [2.24, 2.45) is 0 Å². The molecule has 0 aromatic heterocycles. The van der Waals surface area contributed by atoms with E-state index in [9.17, 15) is 13.2 Å². The van der Waals surface area contributed by atoms with Crippen LogP contribution in [-0.4, -0.2) is 27.2 Å². The van der Waals surface area contributed by atoms with E-state index in [-0.39, 0.29) is 17.0 Å². The van der Waals surface area contributed by atoms with Crippen molar-refractivity contribution in [3.63, 3.8) is 0 Å². The van der Waals surface area contributed by atoms with Gasteiger partial charge in [0, 0.05) is 12.8 Å². The zero-order valence-electron chi connectivity index (χ0n) is 12.1. The van der Waals surface area contributed by atoms with Gasteiger partial charge in [0.25, 0.3) is 0 Å². The number of hydrogen-bond donors (Lipinski definition) is 2. The van der Waals surface area contributed by atoms with Crippen LogP contribution in [0, 0.1) is 0 Å². The highest BCUT2D eigenvalue weighted by molar-refractivity contribution is 7.90. The summed E-state index contributed by atoms with van der Waals surface area (Å²) in [6, 6.07) is 6.15. The van der Waals surface area contributed by atoms with E-state index in [2.05, 4.69) is 17.6 Å². The first-order valence-corrected chi connectivity index (χ1v) is 8.58. The van der Waals surface area contributed by atoms with Gasteiger partial charge in [-0.1, -0.05) is 25.5 Å². The van der Waals surface area contributed by atoms with Crippen LogP contribution in [-0.2, 0) is 9.84 Å². The molecule has 20 heavy (non-hydrogen) atoms. The van der Waals surface area contributed by atoms with Crippen LogP contribution in [0.1, 0.15) is 38.3 Å². The third kappa shape index (κ3) is 5.21. The summed E-state index contributed by atoms with van der Waals surface area (Å²) in [6.45, 7) is 4.57. The van der Waals surface area contributed by atoms with Crippen molar-refractivity contribution in [2.45, 2.75) is 37.6 Å². The normalized spacial score (nSPS) is 12.8. The Balaban J connectivity index is 2.60. The highest BCUT2D eigenvalue weighted by Crippen LogP contribution is 2.16. The number of carbonyl (C=O) groups excluding carboxylic acids is 1. The SMILES string of the molecule is CCCCNC(=O)NC(C)c1ccc(S(C)(=O)=O)cc1. The second kappa shape index (κ2) is 7.28. The molecule has 1 rings (SSSR count). The fourth-order valence-corrected chi connectivity index (χ4v) is 2.34. The Bertz CT molecular complexity index is 538. The molecule has 0 heterocycles. The standard InChI is InChI=1S/C14H22N2O3S/c1-4-5-10-15-14(17)16-11(2)12-6-8-13(9-7-12)20(3,18)19/h6-9,11H,4-5,10H2,1-3H3,(H2,15,16,17). The average molecular weight is 298 g/mol. The van der Waals surface area contributed by atoms with Crippen molar-refractivity contribution in [2.75, 3.05) is 12.8 Å². The largest absolute Gasteiger partial charge is 0.338 e. The summed E-state index contributed by atoms with van der Waals surface area (Å²) in [5.74, 6) is 0. The molecule has 1 aromatic rings. The molecule has 0 saturated heterocycles. The summed E-state index contributed by atoms with van der Waals surface area (Å²) in [4.78, 5) is 11.9. The van der Waals surface area contributed by atoms with Gasteiger partial charge >= 0.3 is 6.03 Å². The summed E-state index contributed by atoms with van der Waals surface area (Å²) >= 11 is 0. The molecular formula is C14H22N2O3S. The lowest BCUT2D eigenvalue weighted by Crippen LogP contribution is -2.37. The third-order valence-corrected chi connectivity index (χ3v) is 4.10. The Morgan fingerprint density at radius 3 is 2.35 bits per heavy atom. The van der Waals surface area contributed by atoms with E-state index in [1.54, 1.807) is 24.3 Å². The van der Waals surface area contributed by atoms with Crippen LogP contribution < -0.4 is 10.6 Å². The molecule has 0 fully saturated rings. The Hall–Kier alpha value is -1.56. The molecule has 6 heteroatoms. The minimum atomic E-state index is -3.18. The van der Waals surface area contributed by atoms with Crippen LogP contribution in [0.2, 0.25) is 0 Å². The zero-order chi connectivity index (χ0) is 15.2. The van der Waals surface area contributed by atoms with Crippen molar-refractivity contribution >= 4 is 15.9 Å². The minimum Gasteiger partial charge on any atom is -0.338 e. The zero-order valence-corrected chi connectivity index (χ0v) is 13.0. The monoisotopic (exact) mass is 298 g/mol. The minimum absolute atomic E-state index is 0.176. The van der Waals surface area contributed by atoms with Crippen LogP contribution in [0.5, 0.6) is 0 Å². The second-order valence-corrected chi connectivity index (χ2v) is 6.83. The molecule has 0 saturated carbocycles. The molecule has 0 radical (unpaired) electrons. The van der Waals surface area contributed by atoms with Crippen LogP contribution in [0.15, 0.2) is 29.2 Å². The molecule has 5 nitrogen and oxygen atoms in total. The Kier molecular flexibility index (Phi) is 6.01. The van der Waals surface area contributed by atoms with E-state index in [0.29, 0.717) is 6.54 Å². The van der Waals surface area contributed by atoms with Crippen LogP contribution in [0.3, 0.4) is 0 Å². The molecule has 2 amide bonds.